The minimum absolute atomic E-state index is 0.472. The molecule has 1 N–H and O–H groups in total. The van der Waals surface area contributed by atoms with Crippen LogP contribution in [0.5, 0.6) is 5.88 Å². The molecular formula is C20H22N4O2S. The van der Waals surface area contributed by atoms with Crippen LogP contribution in [0.2, 0.25) is 0 Å². The highest BCUT2D eigenvalue weighted by Gasteiger charge is 2.27. The summed E-state index contributed by atoms with van der Waals surface area (Å²) in [5.74, 6) is 2.98. The number of furan rings is 1. The normalized spacial score (nSPS) is 15.3. The Labute approximate surface area is 162 Å². The average Bonchev–Trinajstić information content (AvgIpc) is 3.04. The molecule has 4 rings (SSSR count). The fourth-order valence-electron chi connectivity index (χ4n) is 2.95. The third kappa shape index (κ3) is 3.93. The molecule has 0 saturated heterocycles. The quantitative estimate of drug-likeness (QED) is 0.462. The topological polar surface area (TPSA) is 73.1 Å². The van der Waals surface area contributed by atoms with Crippen LogP contribution in [-0.2, 0) is 0 Å². The van der Waals surface area contributed by atoms with Crippen molar-refractivity contribution in [3.05, 3.63) is 47.9 Å². The molecule has 0 amide bonds. The molecule has 0 unspecified atom stereocenters. The van der Waals surface area contributed by atoms with Gasteiger partial charge >= 0.3 is 0 Å². The third-order valence-corrected chi connectivity index (χ3v) is 5.26. The van der Waals surface area contributed by atoms with Gasteiger partial charge in [0.25, 0.3) is 0 Å². The lowest BCUT2D eigenvalue weighted by atomic mass is 10.1. The minimum Gasteiger partial charge on any atom is -0.460 e. The zero-order chi connectivity index (χ0) is 18.6. The highest BCUT2D eigenvalue weighted by atomic mass is 32.2. The van der Waals surface area contributed by atoms with E-state index in [0.29, 0.717) is 22.5 Å². The molecule has 27 heavy (non-hydrogen) atoms. The van der Waals surface area contributed by atoms with Gasteiger partial charge in [-0.25, -0.2) is 0 Å². The van der Waals surface area contributed by atoms with Gasteiger partial charge in [0.15, 0.2) is 11.5 Å². The van der Waals surface area contributed by atoms with E-state index in [-0.39, 0.29) is 0 Å². The molecule has 0 bridgehead atoms. The van der Waals surface area contributed by atoms with Crippen LogP contribution in [0.25, 0.3) is 11.3 Å². The summed E-state index contributed by atoms with van der Waals surface area (Å²) in [7, 11) is 0. The number of aromatic nitrogens is 3. The van der Waals surface area contributed by atoms with Gasteiger partial charge in [-0.3, -0.25) is 0 Å². The second-order valence-electron chi connectivity index (χ2n) is 6.44. The lowest BCUT2D eigenvalue weighted by molar-refractivity contribution is 0.194. The van der Waals surface area contributed by atoms with E-state index >= 15 is 0 Å². The van der Waals surface area contributed by atoms with Gasteiger partial charge in [-0.1, -0.05) is 49.7 Å². The molecular weight excluding hydrogens is 360 g/mol. The summed E-state index contributed by atoms with van der Waals surface area (Å²) in [5.41, 5.74) is 2.47. The Morgan fingerprint density at radius 3 is 2.81 bits per heavy atom. The molecule has 1 aliphatic rings. The zero-order valence-electron chi connectivity index (χ0n) is 15.4. The summed E-state index contributed by atoms with van der Waals surface area (Å²) in [6.45, 7) is 4.11. The van der Waals surface area contributed by atoms with E-state index in [1.165, 1.54) is 12.8 Å². The number of fused-ring (bicyclic) bond motifs is 3. The molecule has 0 saturated carbocycles. The van der Waals surface area contributed by atoms with E-state index in [4.69, 9.17) is 9.15 Å². The smallest absolute Gasteiger partial charge is 0.247 e. The van der Waals surface area contributed by atoms with Crippen LogP contribution in [0.15, 0.2) is 46.0 Å². The van der Waals surface area contributed by atoms with Crippen LogP contribution >= 0.6 is 11.8 Å². The molecule has 0 spiro atoms. The molecule has 1 atom stereocenters. The van der Waals surface area contributed by atoms with Crippen molar-refractivity contribution in [2.45, 2.75) is 44.5 Å². The van der Waals surface area contributed by atoms with E-state index in [1.54, 1.807) is 11.8 Å². The predicted octanol–water partition coefficient (Wildman–Crippen LogP) is 5.23. The molecule has 3 heterocycles. The van der Waals surface area contributed by atoms with Crippen LogP contribution in [0.4, 0.5) is 5.69 Å². The maximum absolute atomic E-state index is 6.18. The molecule has 1 aliphatic heterocycles. The van der Waals surface area contributed by atoms with E-state index < -0.39 is 6.23 Å². The van der Waals surface area contributed by atoms with Gasteiger partial charge in [-0.15, -0.1) is 10.2 Å². The van der Waals surface area contributed by atoms with Gasteiger partial charge in [0.05, 0.1) is 0 Å². The Hall–Kier alpha value is -2.54. The first-order valence-electron chi connectivity index (χ1n) is 9.21. The molecule has 0 fully saturated rings. The Morgan fingerprint density at radius 2 is 2.00 bits per heavy atom. The fourth-order valence-corrected chi connectivity index (χ4v) is 3.72. The van der Waals surface area contributed by atoms with Gasteiger partial charge in [0.1, 0.15) is 5.76 Å². The summed E-state index contributed by atoms with van der Waals surface area (Å²) in [6, 6.07) is 11.8. The Balaban J connectivity index is 1.67. The minimum atomic E-state index is -0.476. The van der Waals surface area contributed by atoms with Crippen molar-refractivity contribution < 1.29 is 9.15 Å². The molecule has 2 aromatic heterocycles. The van der Waals surface area contributed by atoms with Crippen molar-refractivity contribution in [2.24, 2.45) is 0 Å². The van der Waals surface area contributed by atoms with E-state index in [0.717, 1.165) is 29.2 Å². The van der Waals surface area contributed by atoms with Gasteiger partial charge in [-0.05, 0) is 31.5 Å². The highest BCUT2D eigenvalue weighted by molar-refractivity contribution is 7.99. The number of unbranched alkanes of at least 4 members (excludes halogenated alkanes) is 2. The van der Waals surface area contributed by atoms with Crippen LogP contribution < -0.4 is 10.1 Å². The van der Waals surface area contributed by atoms with Crippen molar-refractivity contribution in [2.75, 3.05) is 11.1 Å². The maximum Gasteiger partial charge on any atom is 0.247 e. The van der Waals surface area contributed by atoms with Gasteiger partial charge in [0, 0.05) is 17.0 Å². The Morgan fingerprint density at radius 1 is 1.11 bits per heavy atom. The molecule has 3 aromatic rings. The lowest BCUT2D eigenvalue weighted by Gasteiger charge is -2.16. The van der Waals surface area contributed by atoms with Crippen LogP contribution in [-0.4, -0.2) is 20.9 Å². The lowest BCUT2D eigenvalue weighted by Crippen LogP contribution is -2.16. The van der Waals surface area contributed by atoms with Crippen molar-refractivity contribution in [3.8, 4) is 17.1 Å². The number of hydrogen-bond donors (Lipinski definition) is 1. The molecule has 0 aliphatic carbocycles. The van der Waals surface area contributed by atoms with Crippen LogP contribution in [0.3, 0.4) is 0 Å². The Kier molecular flexibility index (Phi) is 5.29. The number of thioether (sulfide) groups is 1. The molecule has 1 aromatic carbocycles. The maximum atomic E-state index is 6.18. The largest absolute Gasteiger partial charge is 0.460 e. The molecule has 6 nitrogen and oxygen atoms in total. The number of benzene rings is 1. The second kappa shape index (κ2) is 8.00. The van der Waals surface area contributed by atoms with Crippen molar-refractivity contribution in [1.82, 2.24) is 15.2 Å². The first-order valence-corrected chi connectivity index (χ1v) is 10.2. The molecule has 7 heteroatoms. The Bertz CT molecular complexity index is 928. The monoisotopic (exact) mass is 382 g/mol. The number of anilines is 1. The fraction of sp³-hybridized carbons (Fsp3) is 0.350. The third-order valence-electron chi connectivity index (χ3n) is 4.33. The zero-order valence-corrected chi connectivity index (χ0v) is 16.3. The summed E-state index contributed by atoms with van der Waals surface area (Å²) in [6.07, 6.45) is 3.07. The number of aryl methyl sites for hydroxylation is 1. The van der Waals surface area contributed by atoms with Gasteiger partial charge < -0.3 is 14.5 Å². The summed E-state index contributed by atoms with van der Waals surface area (Å²) in [4.78, 5) is 4.64. The van der Waals surface area contributed by atoms with Crippen molar-refractivity contribution >= 4 is 17.4 Å². The summed E-state index contributed by atoms with van der Waals surface area (Å²) >= 11 is 1.61. The molecule has 140 valence electrons. The standard InChI is InChI=1S/C20H22N4O2S/c1-3-4-7-12-27-20-22-19-17(23-24-20)14-8-5-6-9-15(14)21-18(26-19)16-11-10-13(2)25-16/h5-6,8-11,18,21H,3-4,7,12H2,1-2H3/t18-/m0/s1. The SMILES string of the molecule is CCCCCSc1nnc2c(n1)O[C@@H](c1ccc(C)o1)Nc1ccccc1-2. The number of nitrogens with zero attached hydrogens (tertiary/aromatic N) is 3. The van der Waals surface area contributed by atoms with E-state index in [2.05, 4.69) is 27.4 Å². The van der Waals surface area contributed by atoms with Crippen LogP contribution in [0, 0.1) is 6.92 Å². The highest BCUT2D eigenvalue weighted by Crippen LogP contribution is 2.39. The van der Waals surface area contributed by atoms with E-state index in [9.17, 15) is 0 Å². The van der Waals surface area contributed by atoms with Crippen LogP contribution in [0.1, 0.15) is 43.9 Å². The second-order valence-corrected chi connectivity index (χ2v) is 7.50. The van der Waals surface area contributed by atoms with Gasteiger partial charge in [-0.2, -0.15) is 4.98 Å². The predicted molar refractivity (Wildman–Crippen MR) is 106 cm³/mol. The number of ether oxygens (including phenoxy) is 1. The molecule has 0 radical (unpaired) electrons. The number of para-hydroxylation sites is 1. The first kappa shape index (κ1) is 17.9. The number of rotatable bonds is 6. The van der Waals surface area contributed by atoms with E-state index in [1.807, 2.05) is 43.3 Å². The van der Waals surface area contributed by atoms with Gasteiger partial charge in [0.2, 0.25) is 17.3 Å². The number of hydrogen-bond acceptors (Lipinski definition) is 7. The first-order chi connectivity index (χ1) is 13.2. The summed E-state index contributed by atoms with van der Waals surface area (Å²) < 4.78 is 11.9. The number of nitrogens with one attached hydrogen (secondary N) is 1. The van der Waals surface area contributed by atoms with Crippen molar-refractivity contribution in [1.29, 1.82) is 0 Å². The average molecular weight is 382 g/mol. The summed E-state index contributed by atoms with van der Waals surface area (Å²) in [5, 5.41) is 12.7. The van der Waals surface area contributed by atoms with Crippen molar-refractivity contribution in [3.63, 3.8) is 0 Å².